The van der Waals surface area contributed by atoms with Gasteiger partial charge in [-0.3, -0.25) is 0 Å². The first-order chi connectivity index (χ1) is 15.8. The van der Waals surface area contributed by atoms with Crippen molar-refractivity contribution in [3.05, 3.63) is 29.8 Å². The third-order valence-electron chi connectivity index (χ3n) is 6.03. The van der Waals surface area contributed by atoms with Crippen molar-refractivity contribution in [2.24, 2.45) is 0 Å². The number of nitrogens with zero attached hydrogens (tertiary/aromatic N) is 1. The van der Waals surface area contributed by atoms with Crippen LogP contribution in [0.25, 0.3) is 0 Å². The molecular weight excluding hydrogens is 414 g/mol. The molecule has 0 bridgehead atoms. The minimum Gasteiger partial charge on any atom is -0.444 e. The zero-order valence-electron chi connectivity index (χ0n) is 21.3. The second kappa shape index (κ2) is 14.1. The highest BCUT2D eigenvalue weighted by Gasteiger charge is 2.25. The fourth-order valence-electron chi connectivity index (χ4n) is 4.12. The summed E-state index contributed by atoms with van der Waals surface area (Å²) in [5, 5.41) is 5.91. The zero-order valence-corrected chi connectivity index (χ0v) is 21.3. The van der Waals surface area contributed by atoms with Gasteiger partial charge in [0.05, 0.1) is 0 Å². The minimum absolute atomic E-state index is 0.0412. The number of urea groups is 1. The minimum atomic E-state index is -0.506. The number of amides is 3. The first kappa shape index (κ1) is 27.0. The molecule has 1 saturated heterocycles. The number of likely N-dealkylation sites (tertiary alicyclic amines) is 1. The number of hydrogen-bond acceptors (Lipinski definition) is 3. The lowest BCUT2D eigenvalue weighted by atomic mass is 10.0. The van der Waals surface area contributed by atoms with E-state index in [0.29, 0.717) is 13.1 Å². The van der Waals surface area contributed by atoms with Crippen molar-refractivity contribution in [1.82, 2.24) is 10.2 Å². The smallest absolute Gasteiger partial charge is 0.407 e. The number of unbranched alkanes of at least 4 members (excludes halogenated alkanes) is 7. The number of nitrogens with one attached hydrogen (secondary N) is 2. The zero-order chi connectivity index (χ0) is 24.1. The summed E-state index contributed by atoms with van der Waals surface area (Å²) in [5.74, 6) is 0. The van der Waals surface area contributed by atoms with Crippen LogP contribution >= 0.6 is 0 Å². The molecule has 0 radical (unpaired) electrons. The lowest BCUT2D eigenvalue weighted by molar-refractivity contribution is 0.0486. The van der Waals surface area contributed by atoms with Gasteiger partial charge in [-0.1, -0.05) is 64.0 Å². The molecule has 33 heavy (non-hydrogen) atoms. The van der Waals surface area contributed by atoms with Crippen LogP contribution in [0.4, 0.5) is 15.3 Å². The molecule has 1 heterocycles. The molecule has 3 amide bonds. The van der Waals surface area contributed by atoms with Gasteiger partial charge in [0.1, 0.15) is 5.60 Å². The molecule has 1 aromatic rings. The standard InChI is InChI=1S/C27H45N3O3/c1-5-6-7-8-9-10-11-12-13-22-14-16-23(17-15-22)28-25(31)30-20-18-24(19-21-30)29-26(32)33-27(2,3)4/h14-17,24H,5-13,18-21H2,1-4H3,(H,28,31)(H,29,32). The number of ether oxygens (including phenoxy) is 1. The summed E-state index contributed by atoms with van der Waals surface area (Å²) < 4.78 is 5.31. The van der Waals surface area contributed by atoms with E-state index in [4.69, 9.17) is 4.74 Å². The maximum atomic E-state index is 12.6. The molecule has 186 valence electrons. The Hall–Kier alpha value is -2.24. The summed E-state index contributed by atoms with van der Waals surface area (Å²) in [7, 11) is 0. The van der Waals surface area contributed by atoms with E-state index in [1.807, 2.05) is 37.8 Å². The summed E-state index contributed by atoms with van der Waals surface area (Å²) in [5.41, 5.74) is 1.65. The Kier molecular flexibility index (Phi) is 11.6. The second-order valence-corrected chi connectivity index (χ2v) is 10.3. The van der Waals surface area contributed by atoms with Crippen molar-refractivity contribution in [1.29, 1.82) is 0 Å². The van der Waals surface area contributed by atoms with Crippen molar-refractivity contribution >= 4 is 17.8 Å². The van der Waals surface area contributed by atoms with Crippen molar-refractivity contribution in [3.63, 3.8) is 0 Å². The SMILES string of the molecule is CCCCCCCCCCc1ccc(NC(=O)N2CCC(NC(=O)OC(C)(C)C)CC2)cc1. The fourth-order valence-corrected chi connectivity index (χ4v) is 4.12. The quantitative estimate of drug-likeness (QED) is 0.354. The van der Waals surface area contributed by atoms with Crippen molar-refractivity contribution < 1.29 is 14.3 Å². The van der Waals surface area contributed by atoms with Gasteiger partial charge in [-0.15, -0.1) is 0 Å². The number of carbonyl (C=O) groups is 2. The molecule has 6 nitrogen and oxygen atoms in total. The van der Waals surface area contributed by atoms with Gasteiger partial charge in [0, 0.05) is 24.8 Å². The van der Waals surface area contributed by atoms with Crippen molar-refractivity contribution in [2.45, 2.75) is 110 Å². The number of rotatable bonds is 11. The number of alkyl carbamates (subject to hydrolysis) is 1. The van der Waals surface area contributed by atoms with E-state index in [0.717, 1.165) is 24.9 Å². The summed E-state index contributed by atoms with van der Waals surface area (Å²) in [6.07, 6.45) is 12.8. The van der Waals surface area contributed by atoms with E-state index < -0.39 is 11.7 Å². The van der Waals surface area contributed by atoms with Crippen LogP contribution < -0.4 is 10.6 Å². The molecule has 1 fully saturated rings. The van der Waals surface area contributed by atoms with Crippen LogP contribution in [0, 0.1) is 0 Å². The molecule has 0 unspecified atom stereocenters. The number of benzene rings is 1. The van der Waals surface area contributed by atoms with Crippen LogP contribution in [-0.2, 0) is 11.2 Å². The van der Waals surface area contributed by atoms with E-state index in [9.17, 15) is 9.59 Å². The number of piperidine rings is 1. The molecule has 1 aliphatic heterocycles. The van der Waals surface area contributed by atoms with E-state index >= 15 is 0 Å². The number of anilines is 1. The van der Waals surface area contributed by atoms with Gasteiger partial charge in [-0.25, -0.2) is 9.59 Å². The highest BCUT2D eigenvalue weighted by atomic mass is 16.6. The highest BCUT2D eigenvalue weighted by molar-refractivity contribution is 5.89. The van der Waals surface area contributed by atoms with Gasteiger partial charge in [-0.05, 0) is 64.2 Å². The van der Waals surface area contributed by atoms with Gasteiger partial charge in [0.25, 0.3) is 0 Å². The normalized spacial score (nSPS) is 14.7. The highest BCUT2D eigenvalue weighted by Crippen LogP contribution is 2.17. The molecule has 2 N–H and O–H groups in total. The average molecular weight is 460 g/mol. The molecule has 0 saturated carbocycles. The molecular formula is C27H45N3O3. The molecule has 1 aromatic carbocycles. The Bertz CT molecular complexity index is 704. The monoisotopic (exact) mass is 459 g/mol. The first-order valence-electron chi connectivity index (χ1n) is 12.9. The second-order valence-electron chi connectivity index (χ2n) is 10.3. The van der Waals surface area contributed by atoms with Crippen LogP contribution in [0.15, 0.2) is 24.3 Å². The van der Waals surface area contributed by atoms with Gasteiger partial charge in [0.15, 0.2) is 0 Å². The van der Waals surface area contributed by atoms with Gasteiger partial charge < -0.3 is 20.3 Å². The Morgan fingerprint density at radius 2 is 1.52 bits per heavy atom. The van der Waals surface area contributed by atoms with E-state index in [-0.39, 0.29) is 12.1 Å². The van der Waals surface area contributed by atoms with E-state index in [2.05, 4.69) is 29.7 Å². The number of carbonyl (C=O) groups excluding carboxylic acids is 2. The Balaban J connectivity index is 1.63. The maximum Gasteiger partial charge on any atom is 0.407 e. The molecule has 1 aliphatic rings. The predicted molar refractivity (Wildman–Crippen MR) is 136 cm³/mol. The van der Waals surface area contributed by atoms with Crippen LogP contribution in [0.3, 0.4) is 0 Å². The average Bonchev–Trinajstić information content (AvgIpc) is 2.76. The fraction of sp³-hybridized carbons (Fsp3) is 0.704. The third kappa shape index (κ3) is 11.4. The summed E-state index contributed by atoms with van der Waals surface area (Å²) in [6.45, 7) is 9.03. The van der Waals surface area contributed by atoms with Crippen LogP contribution in [-0.4, -0.2) is 41.8 Å². The van der Waals surface area contributed by atoms with Gasteiger partial charge >= 0.3 is 12.1 Å². The van der Waals surface area contributed by atoms with Crippen LogP contribution in [0.2, 0.25) is 0 Å². The topological polar surface area (TPSA) is 70.7 Å². The first-order valence-corrected chi connectivity index (χ1v) is 12.9. The summed E-state index contributed by atoms with van der Waals surface area (Å²) in [4.78, 5) is 26.3. The largest absolute Gasteiger partial charge is 0.444 e. The maximum absolute atomic E-state index is 12.6. The lowest BCUT2D eigenvalue weighted by Crippen LogP contribution is -2.48. The van der Waals surface area contributed by atoms with Crippen molar-refractivity contribution in [2.75, 3.05) is 18.4 Å². The number of aryl methyl sites for hydroxylation is 1. The summed E-state index contributed by atoms with van der Waals surface area (Å²) >= 11 is 0. The predicted octanol–water partition coefficient (Wildman–Crippen LogP) is 6.89. The lowest BCUT2D eigenvalue weighted by Gasteiger charge is -2.32. The van der Waals surface area contributed by atoms with Crippen molar-refractivity contribution in [3.8, 4) is 0 Å². The Morgan fingerprint density at radius 3 is 2.09 bits per heavy atom. The molecule has 0 atom stereocenters. The molecule has 0 spiro atoms. The van der Waals surface area contributed by atoms with Gasteiger partial charge in [0.2, 0.25) is 0 Å². The van der Waals surface area contributed by atoms with Crippen LogP contribution in [0.1, 0.15) is 97.5 Å². The Morgan fingerprint density at radius 1 is 0.939 bits per heavy atom. The molecule has 0 aromatic heterocycles. The Labute approximate surface area is 200 Å². The number of hydrogen-bond donors (Lipinski definition) is 2. The van der Waals surface area contributed by atoms with E-state index in [1.165, 1.54) is 56.9 Å². The molecule has 0 aliphatic carbocycles. The molecule has 2 rings (SSSR count). The van der Waals surface area contributed by atoms with Gasteiger partial charge in [-0.2, -0.15) is 0 Å². The molecule has 6 heteroatoms. The summed E-state index contributed by atoms with van der Waals surface area (Å²) in [6, 6.07) is 8.19. The van der Waals surface area contributed by atoms with Crippen LogP contribution in [0.5, 0.6) is 0 Å². The van der Waals surface area contributed by atoms with E-state index in [1.54, 1.807) is 0 Å². The third-order valence-corrected chi connectivity index (χ3v) is 6.03.